The number of aliphatic hydroxyl groups excluding tert-OH is 1. The molecule has 0 saturated carbocycles. The van der Waals surface area contributed by atoms with Gasteiger partial charge in [0.05, 0.1) is 24.5 Å². The molecule has 0 aromatic rings. The molecule has 1 N–H and O–H groups in total. The molecule has 0 aliphatic rings. The summed E-state index contributed by atoms with van der Waals surface area (Å²) in [6.45, 7) is 8.25. The fourth-order valence-electron chi connectivity index (χ4n) is 1.54. The van der Waals surface area contributed by atoms with Gasteiger partial charge in [-0.25, -0.2) is 0 Å². The van der Waals surface area contributed by atoms with Gasteiger partial charge < -0.3 is 19.3 Å². The summed E-state index contributed by atoms with van der Waals surface area (Å²) in [5, 5.41) is 8.99. The van der Waals surface area contributed by atoms with Gasteiger partial charge in [0.25, 0.3) is 0 Å². The van der Waals surface area contributed by atoms with E-state index in [2.05, 4.69) is 0 Å². The van der Waals surface area contributed by atoms with Crippen LogP contribution in [0.2, 0.25) is 0 Å². The molecule has 23 heavy (non-hydrogen) atoms. The Balaban J connectivity index is 4.00. The van der Waals surface area contributed by atoms with Gasteiger partial charge in [-0.2, -0.15) is 0 Å². The predicted octanol–water partition coefficient (Wildman–Crippen LogP) is 1.25. The van der Waals surface area contributed by atoms with Crippen LogP contribution in [0.15, 0.2) is 0 Å². The highest BCUT2D eigenvalue weighted by Gasteiger charge is 2.19. The first-order valence-electron chi connectivity index (χ1n) is 7.82. The summed E-state index contributed by atoms with van der Waals surface area (Å²) >= 11 is 0. The van der Waals surface area contributed by atoms with Crippen molar-refractivity contribution < 1.29 is 33.7 Å². The van der Waals surface area contributed by atoms with Crippen molar-refractivity contribution in [3.05, 3.63) is 0 Å². The normalized spacial score (nSPS) is 14.9. The Morgan fingerprint density at radius 3 is 2.04 bits per heavy atom. The summed E-state index contributed by atoms with van der Waals surface area (Å²) < 4.78 is 15.2. The number of carbonyl (C=O) groups is 3. The lowest BCUT2D eigenvalue weighted by molar-refractivity contribution is -0.154. The van der Waals surface area contributed by atoms with E-state index >= 15 is 0 Å². The molecule has 7 heteroatoms. The van der Waals surface area contributed by atoms with Gasteiger partial charge in [0, 0.05) is 6.42 Å². The lowest BCUT2D eigenvalue weighted by Crippen LogP contribution is -2.30. The molecule has 0 heterocycles. The molecule has 0 saturated heterocycles. The molecule has 0 rings (SSSR count). The van der Waals surface area contributed by atoms with Gasteiger partial charge >= 0.3 is 11.9 Å². The summed E-state index contributed by atoms with van der Waals surface area (Å²) in [4.78, 5) is 34.6. The van der Waals surface area contributed by atoms with Crippen molar-refractivity contribution in [3.8, 4) is 0 Å². The van der Waals surface area contributed by atoms with Crippen LogP contribution in [0.5, 0.6) is 0 Å². The van der Waals surface area contributed by atoms with Gasteiger partial charge in [0.1, 0.15) is 19.3 Å². The van der Waals surface area contributed by atoms with Crippen LogP contribution in [0.25, 0.3) is 0 Å². The molecule has 0 bridgehead atoms. The second-order valence-electron chi connectivity index (χ2n) is 5.87. The zero-order valence-electron chi connectivity index (χ0n) is 14.5. The highest BCUT2D eigenvalue weighted by Crippen LogP contribution is 2.06. The topological polar surface area (TPSA) is 99.1 Å². The minimum Gasteiger partial charge on any atom is -0.463 e. The molecule has 0 radical (unpaired) electrons. The quantitative estimate of drug-likeness (QED) is 0.568. The highest BCUT2D eigenvalue weighted by atomic mass is 16.6. The van der Waals surface area contributed by atoms with Crippen molar-refractivity contribution in [2.45, 2.75) is 65.8 Å². The maximum absolute atomic E-state index is 11.9. The number of hydrogen-bond donors (Lipinski definition) is 1. The van der Waals surface area contributed by atoms with Gasteiger partial charge in [0.2, 0.25) is 0 Å². The molecule has 0 aromatic carbocycles. The van der Waals surface area contributed by atoms with Gasteiger partial charge in [-0.1, -0.05) is 13.8 Å². The molecule has 3 atom stereocenters. The standard InChI is InChI=1S/C16H28O7/c1-10(2)16(20)22-9-12(4)23-13(5)14(18)6-7-15(19)21-8-11(3)17/h10-13,17H,6-9H2,1-5H3. The molecule has 0 aliphatic heterocycles. The zero-order chi connectivity index (χ0) is 18.0. The average Bonchev–Trinajstić information content (AvgIpc) is 2.47. The predicted molar refractivity (Wildman–Crippen MR) is 82.7 cm³/mol. The van der Waals surface area contributed by atoms with Crippen LogP contribution in [0, 0.1) is 5.92 Å². The van der Waals surface area contributed by atoms with Crippen molar-refractivity contribution in [2.75, 3.05) is 13.2 Å². The number of carbonyl (C=O) groups excluding carboxylic acids is 3. The number of rotatable bonds is 11. The Morgan fingerprint density at radius 1 is 0.913 bits per heavy atom. The maximum atomic E-state index is 11.9. The summed E-state index contributed by atoms with van der Waals surface area (Å²) in [5.41, 5.74) is 0. The Morgan fingerprint density at radius 2 is 1.52 bits per heavy atom. The Bertz CT molecular complexity index is 390. The summed E-state index contributed by atoms with van der Waals surface area (Å²) in [7, 11) is 0. The molecule has 0 aromatic heterocycles. The third kappa shape index (κ3) is 10.8. The maximum Gasteiger partial charge on any atom is 0.308 e. The van der Waals surface area contributed by atoms with Crippen LogP contribution >= 0.6 is 0 Å². The Hall–Kier alpha value is -1.47. The third-order valence-electron chi connectivity index (χ3n) is 2.88. The van der Waals surface area contributed by atoms with Crippen molar-refractivity contribution in [1.29, 1.82) is 0 Å². The Labute approximate surface area is 137 Å². The summed E-state index contributed by atoms with van der Waals surface area (Å²) in [6.07, 6.45) is -1.91. The van der Waals surface area contributed by atoms with E-state index in [-0.39, 0.29) is 43.7 Å². The van der Waals surface area contributed by atoms with E-state index in [1.165, 1.54) is 6.92 Å². The second kappa shape index (κ2) is 11.1. The van der Waals surface area contributed by atoms with Crippen molar-refractivity contribution in [3.63, 3.8) is 0 Å². The largest absolute Gasteiger partial charge is 0.463 e. The van der Waals surface area contributed by atoms with Crippen molar-refractivity contribution in [2.24, 2.45) is 5.92 Å². The number of aliphatic hydroxyl groups is 1. The van der Waals surface area contributed by atoms with Crippen LogP contribution in [0.1, 0.15) is 47.5 Å². The van der Waals surface area contributed by atoms with Crippen LogP contribution < -0.4 is 0 Å². The molecular formula is C16H28O7. The number of ether oxygens (including phenoxy) is 3. The van der Waals surface area contributed by atoms with Gasteiger partial charge in [-0.05, 0) is 20.8 Å². The first-order valence-corrected chi connectivity index (χ1v) is 7.82. The van der Waals surface area contributed by atoms with Crippen LogP contribution in [-0.2, 0) is 28.6 Å². The molecular weight excluding hydrogens is 304 g/mol. The molecule has 7 nitrogen and oxygen atoms in total. The third-order valence-corrected chi connectivity index (χ3v) is 2.88. The molecule has 0 aliphatic carbocycles. The lowest BCUT2D eigenvalue weighted by atomic mass is 10.1. The average molecular weight is 332 g/mol. The van der Waals surface area contributed by atoms with Crippen LogP contribution in [0.3, 0.4) is 0 Å². The smallest absolute Gasteiger partial charge is 0.308 e. The number of esters is 2. The molecule has 0 spiro atoms. The van der Waals surface area contributed by atoms with E-state index in [1.807, 2.05) is 0 Å². The number of Topliss-reactive ketones (excluding diaryl/α,β-unsaturated/α-hetero) is 1. The molecule has 0 amide bonds. The lowest BCUT2D eigenvalue weighted by Gasteiger charge is -2.18. The fraction of sp³-hybridized carbons (Fsp3) is 0.812. The number of ketones is 1. The minimum absolute atomic E-state index is 0.00168. The SMILES string of the molecule is CC(O)COC(=O)CCC(=O)C(C)OC(C)COC(=O)C(C)C. The summed E-state index contributed by atoms with van der Waals surface area (Å²) in [5.74, 6) is -1.31. The molecule has 134 valence electrons. The molecule has 3 unspecified atom stereocenters. The monoisotopic (exact) mass is 332 g/mol. The Kier molecular flexibility index (Phi) is 10.4. The van der Waals surface area contributed by atoms with E-state index in [0.29, 0.717) is 0 Å². The first kappa shape index (κ1) is 21.5. The minimum atomic E-state index is -0.730. The van der Waals surface area contributed by atoms with Gasteiger partial charge in [-0.3, -0.25) is 14.4 Å². The van der Waals surface area contributed by atoms with E-state index < -0.39 is 24.3 Å². The fourth-order valence-corrected chi connectivity index (χ4v) is 1.54. The van der Waals surface area contributed by atoms with Gasteiger partial charge in [0.15, 0.2) is 5.78 Å². The van der Waals surface area contributed by atoms with Gasteiger partial charge in [-0.15, -0.1) is 0 Å². The van der Waals surface area contributed by atoms with E-state index in [4.69, 9.17) is 19.3 Å². The highest BCUT2D eigenvalue weighted by molar-refractivity contribution is 5.86. The first-order chi connectivity index (χ1) is 10.6. The zero-order valence-corrected chi connectivity index (χ0v) is 14.5. The van der Waals surface area contributed by atoms with Crippen LogP contribution in [0.4, 0.5) is 0 Å². The molecule has 0 fully saturated rings. The van der Waals surface area contributed by atoms with E-state index in [9.17, 15) is 14.4 Å². The van der Waals surface area contributed by atoms with E-state index in [1.54, 1.807) is 27.7 Å². The van der Waals surface area contributed by atoms with E-state index in [0.717, 1.165) is 0 Å². The van der Waals surface area contributed by atoms with Crippen molar-refractivity contribution >= 4 is 17.7 Å². The summed E-state index contributed by atoms with van der Waals surface area (Å²) in [6, 6.07) is 0. The second-order valence-corrected chi connectivity index (χ2v) is 5.87. The number of hydrogen-bond acceptors (Lipinski definition) is 7. The van der Waals surface area contributed by atoms with Crippen LogP contribution in [-0.4, -0.2) is 54.4 Å². The van der Waals surface area contributed by atoms with Crippen molar-refractivity contribution in [1.82, 2.24) is 0 Å².